The molecule has 4 rings (SSSR count). The van der Waals surface area contributed by atoms with Gasteiger partial charge in [-0.2, -0.15) is 4.98 Å². The summed E-state index contributed by atoms with van der Waals surface area (Å²) >= 11 is 5.72. The highest BCUT2D eigenvalue weighted by Crippen LogP contribution is 2.44. The number of aromatic nitrogens is 2. The van der Waals surface area contributed by atoms with Crippen LogP contribution in [-0.2, 0) is 27.4 Å². The van der Waals surface area contributed by atoms with Crippen LogP contribution in [0.2, 0.25) is 5.15 Å². The van der Waals surface area contributed by atoms with Crippen LogP contribution in [0.25, 0.3) is 0 Å². The molecule has 10 heteroatoms. The lowest BCUT2D eigenvalue weighted by molar-refractivity contribution is -0.215. The van der Waals surface area contributed by atoms with Crippen molar-refractivity contribution in [1.29, 1.82) is 0 Å². The highest BCUT2D eigenvalue weighted by Gasteiger charge is 2.63. The van der Waals surface area contributed by atoms with Gasteiger partial charge in [-0.3, -0.25) is 4.57 Å². The van der Waals surface area contributed by atoms with Crippen LogP contribution in [0.4, 0.5) is 13.2 Å². The lowest BCUT2D eigenvalue weighted by Crippen LogP contribution is -2.53. The molecule has 0 radical (unpaired) electrons. The molecule has 0 amide bonds. The second-order valence-corrected chi connectivity index (χ2v) is 8.23. The summed E-state index contributed by atoms with van der Waals surface area (Å²) in [5.41, 5.74) is -1.99. The maximum absolute atomic E-state index is 15.7. The molecule has 2 aromatic carbocycles. The van der Waals surface area contributed by atoms with Gasteiger partial charge < -0.3 is 14.2 Å². The Morgan fingerprint density at radius 3 is 2.24 bits per heavy atom. The van der Waals surface area contributed by atoms with Gasteiger partial charge in [-0.05, 0) is 17.2 Å². The molecule has 0 aliphatic carbocycles. The Kier molecular flexibility index (Phi) is 7.67. The Hall–Kier alpha value is -2.72. The minimum absolute atomic E-state index is 0.00808. The molecule has 0 unspecified atom stereocenters. The molecule has 6 nitrogen and oxygen atoms in total. The zero-order valence-corrected chi connectivity index (χ0v) is 18.7. The number of hydrogen-bond acceptors (Lipinski definition) is 5. The Morgan fingerprint density at radius 2 is 1.65 bits per heavy atom. The molecule has 1 saturated heterocycles. The van der Waals surface area contributed by atoms with Gasteiger partial charge in [0.1, 0.15) is 11.3 Å². The van der Waals surface area contributed by atoms with Crippen molar-refractivity contribution in [3.05, 3.63) is 99.7 Å². The van der Waals surface area contributed by atoms with Gasteiger partial charge in [-0.25, -0.2) is 18.0 Å². The maximum atomic E-state index is 15.7. The van der Waals surface area contributed by atoms with Crippen molar-refractivity contribution < 1.29 is 27.4 Å². The Morgan fingerprint density at radius 1 is 1.03 bits per heavy atom. The molecule has 180 valence electrons. The molecule has 1 aliphatic rings. The van der Waals surface area contributed by atoms with E-state index in [1.807, 2.05) is 6.07 Å². The van der Waals surface area contributed by atoms with Crippen molar-refractivity contribution in [3.63, 3.8) is 0 Å². The molecule has 1 aromatic heterocycles. The highest BCUT2D eigenvalue weighted by molar-refractivity contribution is 6.29. The molecule has 1 aliphatic heterocycles. The van der Waals surface area contributed by atoms with Crippen LogP contribution in [0.15, 0.2) is 77.7 Å². The third kappa shape index (κ3) is 5.17. The van der Waals surface area contributed by atoms with Crippen molar-refractivity contribution in [2.75, 3.05) is 6.61 Å². The highest BCUT2D eigenvalue weighted by atomic mass is 35.5. The molecule has 0 spiro atoms. The summed E-state index contributed by atoms with van der Waals surface area (Å²) in [7, 11) is 0. The number of benzene rings is 2. The molecule has 0 N–H and O–H groups in total. The molecule has 0 saturated carbocycles. The van der Waals surface area contributed by atoms with E-state index in [2.05, 4.69) is 4.98 Å². The van der Waals surface area contributed by atoms with Crippen LogP contribution < -0.4 is 5.69 Å². The first-order valence-electron chi connectivity index (χ1n) is 10.5. The fraction of sp³-hybridized carbons (Fsp3) is 0.333. The van der Waals surface area contributed by atoms with Crippen LogP contribution in [0.5, 0.6) is 0 Å². The third-order valence-electron chi connectivity index (χ3n) is 5.53. The number of nitrogens with zero attached hydrogens (tertiary/aromatic N) is 2. The van der Waals surface area contributed by atoms with Gasteiger partial charge in [0, 0.05) is 6.20 Å². The van der Waals surface area contributed by atoms with Gasteiger partial charge in [-0.15, -0.1) is 0 Å². The standard InChI is InChI=1S/C24H22ClF3N2O4/c25-18-11-12-30(23(31)29-18)21-19(26)20(33-14-17-9-5-2-6-10-17)24(34-21,22(27)28)15-32-13-16-7-3-1-4-8-16/h1-12,19-22H,13-15H2/t19-,20+,21-,24-/m1/s1. The van der Waals surface area contributed by atoms with Gasteiger partial charge in [0.2, 0.25) is 0 Å². The zero-order valence-electron chi connectivity index (χ0n) is 17.9. The number of hydrogen-bond donors (Lipinski definition) is 0. The van der Waals surface area contributed by atoms with Crippen molar-refractivity contribution in [1.82, 2.24) is 9.55 Å². The molecule has 3 aromatic rings. The fourth-order valence-electron chi connectivity index (χ4n) is 3.82. The van der Waals surface area contributed by atoms with Crippen LogP contribution >= 0.6 is 11.6 Å². The summed E-state index contributed by atoms with van der Waals surface area (Å²) in [4.78, 5) is 15.8. The van der Waals surface area contributed by atoms with Gasteiger partial charge in [0.25, 0.3) is 6.43 Å². The summed E-state index contributed by atoms with van der Waals surface area (Å²) in [5.74, 6) is 0. The van der Waals surface area contributed by atoms with Crippen LogP contribution in [0, 0.1) is 0 Å². The summed E-state index contributed by atoms with van der Waals surface area (Å²) in [5, 5.41) is -0.113. The van der Waals surface area contributed by atoms with E-state index in [0.29, 0.717) is 5.56 Å². The second-order valence-electron chi connectivity index (χ2n) is 7.84. The van der Waals surface area contributed by atoms with Crippen LogP contribution in [0.3, 0.4) is 0 Å². The smallest absolute Gasteiger partial charge is 0.351 e. The van der Waals surface area contributed by atoms with Gasteiger partial charge in [0.05, 0.1) is 19.8 Å². The van der Waals surface area contributed by atoms with E-state index < -0.39 is 42.8 Å². The zero-order chi connectivity index (χ0) is 24.1. The lowest BCUT2D eigenvalue weighted by atomic mass is 9.96. The van der Waals surface area contributed by atoms with Gasteiger partial charge in [0.15, 0.2) is 18.0 Å². The van der Waals surface area contributed by atoms with Crippen molar-refractivity contribution in [2.45, 2.75) is 43.7 Å². The Bertz CT molecular complexity index is 1140. The van der Waals surface area contributed by atoms with E-state index in [0.717, 1.165) is 16.3 Å². The predicted molar refractivity (Wildman–Crippen MR) is 118 cm³/mol. The average Bonchev–Trinajstić information content (AvgIpc) is 3.11. The number of ether oxygens (including phenoxy) is 3. The third-order valence-corrected chi connectivity index (χ3v) is 5.75. The summed E-state index contributed by atoms with van der Waals surface area (Å²) < 4.78 is 62.4. The van der Waals surface area contributed by atoms with Gasteiger partial charge in [-0.1, -0.05) is 72.3 Å². The molecule has 2 heterocycles. The summed E-state index contributed by atoms with van der Waals surface area (Å²) in [6.45, 7) is -0.789. The summed E-state index contributed by atoms with van der Waals surface area (Å²) in [6.07, 6.45) is -7.57. The first kappa shape index (κ1) is 24.4. The second kappa shape index (κ2) is 10.7. The fourth-order valence-corrected chi connectivity index (χ4v) is 3.95. The molecule has 0 bridgehead atoms. The minimum atomic E-state index is -3.18. The van der Waals surface area contributed by atoms with E-state index in [-0.39, 0.29) is 18.4 Å². The summed E-state index contributed by atoms with van der Waals surface area (Å²) in [6, 6.07) is 18.9. The van der Waals surface area contributed by atoms with E-state index in [1.165, 1.54) is 6.07 Å². The average molecular weight is 495 g/mol. The van der Waals surface area contributed by atoms with Crippen molar-refractivity contribution in [2.24, 2.45) is 0 Å². The SMILES string of the molecule is O=c1nc(Cl)ccn1[C@@H]1O[C@@](COCc2ccccc2)(C(F)F)[C@@H](OCc2ccccc2)[C@H]1F. The normalized spacial score (nSPS) is 24.6. The molecular weight excluding hydrogens is 473 g/mol. The van der Waals surface area contributed by atoms with Crippen molar-refractivity contribution >= 4 is 11.6 Å². The lowest BCUT2D eigenvalue weighted by Gasteiger charge is -2.33. The molecular formula is C24H22ClF3N2O4. The maximum Gasteiger partial charge on any atom is 0.351 e. The van der Waals surface area contributed by atoms with Crippen molar-refractivity contribution in [3.8, 4) is 0 Å². The Labute approximate surface area is 198 Å². The molecule has 1 fully saturated rings. The minimum Gasteiger partial charge on any atom is -0.373 e. The quantitative estimate of drug-likeness (QED) is 0.408. The van der Waals surface area contributed by atoms with Crippen LogP contribution in [-0.4, -0.2) is 40.5 Å². The monoisotopic (exact) mass is 494 g/mol. The number of halogens is 4. The largest absolute Gasteiger partial charge is 0.373 e. The molecule has 4 atom stereocenters. The van der Waals surface area contributed by atoms with E-state index in [1.54, 1.807) is 54.6 Å². The first-order valence-corrected chi connectivity index (χ1v) is 10.9. The number of alkyl halides is 3. The molecule has 34 heavy (non-hydrogen) atoms. The van der Waals surface area contributed by atoms with E-state index in [9.17, 15) is 13.6 Å². The van der Waals surface area contributed by atoms with E-state index in [4.69, 9.17) is 25.8 Å². The topological polar surface area (TPSA) is 62.6 Å². The predicted octanol–water partition coefficient (Wildman–Crippen LogP) is 4.57. The first-order chi connectivity index (χ1) is 16.4. The Balaban J connectivity index is 1.62. The van der Waals surface area contributed by atoms with Gasteiger partial charge >= 0.3 is 5.69 Å². The van der Waals surface area contributed by atoms with E-state index >= 15 is 4.39 Å². The van der Waals surface area contributed by atoms with Crippen LogP contribution in [0.1, 0.15) is 17.4 Å². The number of rotatable bonds is 9.